The average Bonchev–Trinajstić information content (AvgIpc) is 3.66. The third-order valence-corrected chi connectivity index (χ3v) is 6.25. The summed E-state index contributed by atoms with van der Waals surface area (Å²) in [5.41, 5.74) is 4.64. The summed E-state index contributed by atoms with van der Waals surface area (Å²) in [7, 11) is 1.63. The van der Waals surface area contributed by atoms with Gasteiger partial charge in [0.1, 0.15) is 11.4 Å². The van der Waals surface area contributed by atoms with Crippen molar-refractivity contribution in [2.24, 2.45) is 5.92 Å². The molecule has 1 fully saturated rings. The Morgan fingerprint density at radius 3 is 2.58 bits per heavy atom. The van der Waals surface area contributed by atoms with E-state index in [0.29, 0.717) is 30.3 Å². The van der Waals surface area contributed by atoms with E-state index in [1.54, 1.807) is 25.6 Å². The van der Waals surface area contributed by atoms with Gasteiger partial charge in [-0.3, -0.25) is 19.6 Å². The second kappa shape index (κ2) is 10.1. The summed E-state index contributed by atoms with van der Waals surface area (Å²) in [6.07, 6.45) is 9.02. The summed E-state index contributed by atoms with van der Waals surface area (Å²) < 4.78 is 5.65. The lowest BCUT2D eigenvalue weighted by Crippen LogP contribution is -2.25. The van der Waals surface area contributed by atoms with E-state index >= 15 is 0 Å². The minimum atomic E-state index is -0.170. The number of hydrogen-bond acceptors (Lipinski definition) is 5. The number of carbonyl (C=O) groups is 2. The summed E-state index contributed by atoms with van der Waals surface area (Å²) in [4.78, 5) is 34.1. The topological polar surface area (TPSA) is 81.2 Å². The molecule has 33 heavy (non-hydrogen) atoms. The van der Waals surface area contributed by atoms with E-state index in [1.165, 1.54) is 0 Å². The van der Waals surface area contributed by atoms with Crippen LogP contribution >= 0.6 is 0 Å². The molecule has 0 unspecified atom stereocenters. The number of hydrogen-bond donors (Lipinski definition) is 1. The first-order chi connectivity index (χ1) is 16.0. The lowest BCUT2D eigenvalue weighted by atomic mass is 9.94. The van der Waals surface area contributed by atoms with Crippen molar-refractivity contribution in [3.63, 3.8) is 0 Å². The van der Waals surface area contributed by atoms with Crippen molar-refractivity contribution >= 4 is 22.6 Å². The number of ether oxygens (including phenoxy) is 1. The predicted molar refractivity (Wildman–Crippen MR) is 130 cm³/mol. The van der Waals surface area contributed by atoms with Crippen LogP contribution < -0.4 is 10.1 Å². The Bertz CT molecular complexity index is 1170. The number of unbranched alkanes of at least 4 members (excludes halogenated alkanes) is 1. The van der Waals surface area contributed by atoms with Gasteiger partial charge in [-0.15, -0.1) is 0 Å². The number of rotatable bonds is 10. The maximum Gasteiger partial charge on any atom is 0.269 e. The second-order valence-electron chi connectivity index (χ2n) is 8.69. The number of methoxy groups -OCH3 is 1. The average molecular weight is 446 g/mol. The summed E-state index contributed by atoms with van der Waals surface area (Å²) in [6, 6.07) is 7.55. The van der Waals surface area contributed by atoms with Gasteiger partial charge < -0.3 is 10.1 Å². The number of fused-ring (bicyclic) bond motifs is 1. The fourth-order valence-corrected chi connectivity index (χ4v) is 4.14. The van der Waals surface area contributed by atoms with Crippen LogP contribution in [0.25, 0.3) is 22.0 Å². The smallest absolute Gasteiger partial charge is 0.269 e. The number of aromatic nitrogens is 2. The van der Waals surface area contributed by atoms with Crippen molar-refractivity contribution in [3.05, 3.63) is 53.5 Å². The molecule has 6 heteroatoms. The number of nitrogens with one attached hydrogen (secondary N) is 1. The zero-order valence-electron chi connectivity index (χ0n) is 19.6. The molecule has 1 saturated carbocycles. The lowest BCUT2D eigenvalue weighted by Gasteiger charge is -2.15. The Hall–Kier alpha value is -3.28. The third-order valence-electron chi connectivity index (χ3n) is 6.25. The van der Waals surface area contributed by atoms with Crippen LogP contribution in [0.2, 0.25) is 0 Å². The van der Waals surface area contributed by atoms with Crippen molar-refractivity contribution in [2.45, 2.75) is 52.4 Å². The standard InChI is InChI=1S/C27H31N3O3/c1-4-6-11-28-27(32)23-10-9-18(15-29-23)20-13-21-19(5-2)22(25(31)12-17-7-8-17)16-30-24(21)14-26(20)33-3/h9-10,13-17H,4-8,11-12H2,1-3H3,(H,28,32). The van der Waals surface area contributed by atoms with Crippen molar-refractivity contribution in [2.75, 3.05) is 13.7 Å². The maximum absolute atomic E-state index is 12.9. The van der Waals surface area contributed by atoms with Crippen molar-refractivity contribution in [1.82, 2.24) is 15.3 Å². The van der Waals surface area contributed by atoms with E-state index in [4.69, 9.17) is 4.74 Å². The molecule has 1 N–H and O–H groups in total. The molecule has 2 aromatic heterocycles. The van der Waals surface area contributed by atoms with E-state index < -0.39 is 0 Å². The molecule has 172 valence electrons. The number of pyridine rings is 2. The molecule has 0 radical (unpaired) electrons. The van der Waals surface area contributed by atoms with E-state index in [9.17, 15) is 9.59 Å². The first-order valence-corrected chi connectivity index (χ1v) is 11.8. The van der Waals surface area contributed by atoms with E-state index in [0.717, 1.165) is 65.3 Å². The van der Waals surface area contributed by atoms with Crippen molar-refractivity contribution < 1.29 is 14.3 Å². The van der Waals surface area contributed by atoms with Crippen LogP contribution in [0, 0.1) is 5.92 Å². The van der Waals surface area contributed by atoms with Gasteiger partial charge in [0.25, 0.3) is 5.91 Å². The highest BCUT2D eigenvalue weighted by Gasteiger charge is 2.26. The zero-order valence-corrected chi connectivity index (χ0v) is 19.6. The van der Waals surface area contributed by atoms with Gasteiger partial charge >= 0.3 is 0 Å². The Balaban J connectivity index is 1.70. The quantitative estimate of drug-likeness (QED) is 0.335. The molecule has 1 aliphatic rings. The lowest BCUT2D eigenvalue weighted by molar-refractivity contribution is 0.0946. The van der Waals surface area contributed by atoms with Crippen LogP contribution in [0.15, 0.2) is 36.7 Å². The highest BCUT2D eigenvalue weighted by atomic mass is 16.5. The molecule has 2 heterocycles. The first kappa shape index (κ1) is 22.9. The summed E-state index contributed by atoms with van der Waals surface area (Å²) in [6.45, 7) is 4.80. The summed E-state index contributed by atoms with van der Waals surface area (Å²) in [5, 5.41) is 3.84. The molecule has 0 bridgehead atoms. The SMILES string of the molecule is CCCCNC(=O)c1ccc(-c2cc3c(CC)c(C(=O)CC4CC4)cnc3cc2OC)cn1. The van der Waals surface area contributed by atoms with Gasteiger partial charge in [0.15, 0.2) is 5.78 Å². The Labute approximate surface area is 194 Å². The molecule has 1 amide bonds. The normalized spacial score (nSPS) is 13.2. The molecule has 1 aliphatic carbocycles. The molecule has 1 aromatic carbocycles. The molecular weight excluding hydrogens is 414 g/mol. The summed E-state index contributed by atoms with van der Waals surface area (Å²) >= 11 is 0. The fourth-order valence-electron chi connectivity index (χ4n) is 4.14. The molecule has 3 aromatic rings. The van der Waals surface area contributed by atoms with Crippen LogP contribution in [-0.4, -0.2) is 35.3 Å². The van der Waals surface area contributed by atoms with Gasteiger partial charge in [-0.2, -0.15) is 0 Å². The van der Waals surface area contributed by atoms with Crippen LogP contribution in [0.5, 0.6) is 5.75 Å². The van der Waals surface area contributed by atoms with Crippen LogP contribution in [0.4, 0.5) is 0 Å². The van der Waals surface area contributed by atoms with E-state index in [2.05, 4.69) is 29.1 Å². The predicted octanol–water partition coefficient (Wildman–Crippen LogP) is 5.38. The maximum atomic E-state index is 12.9. The number of ketones is 1. The van der Waals surface area contributed by atoms with E-state index in [-0.39, 0.29) is 11.7 Å². The zero-order chi connectivity index (χ0) is 23.4. The number of nitrogens with zero attached hydrogens (tertiary/aromatic N) is 2. The molecule has 6 nitrogen and oxygen atoms in total. The van der Waals surface area contributed by atoms with Gasteiger partial charge in [-0.05, 0) is 49.3 Å². The number of carbonyl (C=O) groups excluding carboxylic acids is 2. The highest BCUT2D eigenvalue weighted by Crippen LogP contribution is 2.37. The van der Waals surface area contributed by atoms with Gasteiger partial charge in [-0.25, -0.2) is 0 Å². The minimum absolute atomic E-state index is 0.170. The van der Waals surface area contributed by atoms with Crippen molar-refractivity contribution in [3.8, 4) is 16.9 Å². The van der Waals surface area contributed by atoms with Crippen LogP contribution in [0.3, 0.4) is 0 Å². The Morgan fingerprint density at radius 2 is 1.94 bits per heavy atom. The fraction of sp³-hybridized carbons (Fsp3) is 0.407. The molecule has 0 atom stereocenters. The highest BCUT2D eigenvalue weighted by molar-refractivity contribution is 6.03. The second-order valence-corrected chi connectivity index (χ2v) is 8.69. The number of aryl methyl sites for hydroxylation is 1. The molecule has 0 saturated heterocycles. The molecular formula is C27H31N3O3. The first-order valence-electron chi connectivity index (χ1n) is 11.8. The largest absolute Gasteiger partial charge is 0.496 e. The molecule has 0 aliphatic heterocycles. The van der Waals surface area contributed by atoms with Gasteiger partial charge in [0.2, 0.25) is 0 Å². The van der Waals surface area contributed by atoms with E-state index in [1.807, 2.05) is 18.2 Å². The van der Waals surface area contributed by atoms with Crippen LogP contribution in [-0.2, 0) is 6.42 Å². The monoisotopic (exact) mass is 445 g/mol. The summed E-state index contributed by atoms with van der Waals surface area (Å²) in [5.74, 6) is 1.22. The third kappa shape index (κ3) is 5.05. The number of amides is 1. The molecule has 4 rings (SSSR count). The Kier molecular flexibility index (Phi) is 7.02. The minimum Gasteiger partial charge on any atom is -0.496 e. The molecule has 0 spiro atoms. The van der Waals surface area contributed by atoms with Crippen LogP contribution in [0.1, 0.15) is 72.4 Å². The number of Topliss-reactive ketones (excluding diaryl/α,β-unsaturated/α-hetero) is 1. The van der Waals surface area contributed by atoms with Crippen molar-refractivity contribution in [1.29, 1.82) is 0 Å². The van der Waals surface area contributed by atoms with Gasteiger partial charge in [-0.1, -0.05) is 26.3 Å². The van der Waals surface area contributed by atoms with Gasteiger partial charge in [0.05, 0.1) is 12.6 Å². The van der Waals surface area contributed by atoms with Gasteiger partial charge in [0, 0.05) is 53.5 Å². The Morgan fingerprint density at radius 1 is 1.12 bits per heavy atom. The number of benzene rings is 1.